The lowest BCUT2D eigenvalue weighted by Gasteiger charge is -2.11. The molecule has 1 aliphatic heterocycles. The number of halogens is 1. The molecule has 2 unspecified atom stereocenters. The predicted octanol–water partition coefficient (Wildman–Crippen LogP) is 2.46. The van der Waals surface area contributed by atoms with Crippen LogP contribution in [0.2, 0.25) is 0 Å². The van der Waals surface area contributed by atoms with Gasteiger partial charge < -0.3 is 4.74 Å². The Bertz CT molecular complexity index is 303. The number of hydrogen-bond donors (Lipinski definition) is 1. The van der Waals surface area contributed by atoms with Gasteiger partial charge in [-0.2, -0.15) is 0 Å². The molecule has 0 saturated carbocycles. The van der Waals surface area contributed by atoms with Crippen molar-refractivity contribution in [3.8, 4) is 0 Å². The van der Waals surface area contributed by atoms with E-state index in [0.717, 1.165) is 11.0 Å². The standard InChI is InChI=1S/C10H12BrNO/c1-7-12-6-10(13-7)8-4-2-3-5-9(8)11/h2-5,7,10,12H,6H2,1H3. The Morgan fingerprint density at radius 1 is 1.46 bits per heavy atom. The zero-order valence-corrected chi connectivity index (χ0v) is 9.04. The molecule has 13 heavy (non-hydrogen) atoms. The minimum atomic E-state index is 0.164. The second-order valence-corrected chi connectivity index (χ2v) is 4.05. The maximum atomic E-state index is 5.69. The van der Waals surface area contributed by atoms with Gasteiger partial charge in [-0.25, -0.2) is 0 Å². The summed E-state index contributed by atoms with van der Waals surface area (Å²) in [4.78, 5) is 0. The highest BCUT2D eigenvalue weighted by molar-refractivity contribution is 9.10. The fourth-order valence-electron chi connectivity index (χ4n) is 1.54. The van der Waals surface area contributed by atoms with Gasteiger partial charge in [0.25, 0.3) is 0 Å². The van der Waals surface area contributed by atoms with Crippen LogP contribution in [0.1, 0.15) is 18.6 Å². The number of ether oxygens (including phenoxy) is 1. The molecule has 0 radical (unpaired) electrons. The van der Waals surface area contributed by atoms with Crippen LogP contribution in [0.15, 0.2) is 28.7 Å². The first-order chi connectivity index (χ1) is 6.27. The molecule has 1 heterocycles. The van der Waals surface area contributed by atoms with E-state index in [2.05, 4.69) is 27.3 Å². The van der Waals surface area contributed by atoms with Gasteiger partial charge in [-0.05, 0) is 18.6 Å². The van der Waals surface area contributed by atoms with E-state index in [-0.39, 0.29) is 12.3 Å². The van der Waals surface area contributed by atoms with Crippen LogP contribution in [0.5, 0.6) is 0 Å². The van der Waals surface area contributed by atoms with Gasteiger partial charge in [-0.3, -0.25) is 5.32 Å². The Balaban J connectivity index is 2.21. The van der Waals surface area contributed by atoms with Crippen molar-refractivity contribution >= 4 is 15.9 Å². The maximum absolute atomic E-state index is 5.69. The van der Waals surface area contributed by atoms with Gasteiger partial charge in [-0.15, -0.1) is 0 Å². The third kappa shape index (κ3) is 1.93. The zero-order chi connectivity index (χ0) is 9.26. The molecule has 2 nitrogen and oxygen atoms in total. The fraction of sp³-hybridized carbons (Fsp3) is 0.400. The van der Waals surface area contributed by atoms with Crippen molar-refractivity contribution < 1.29 is 4.74 Å². The van der Waals surface area contributed by atoms with Gasteiger partial charge in [-0.1, -0.05) is 34.1 Å². The summed E-state index contributed by atoms with van der Waals surface area (Å²) in [6, 6.07) is 8.18. The Hall–Kier alpha value is -0.380. The van der Waals surface area contributed by atoms with Crippen LogP contribution in [-0.4, -0.2) is 12.8 Å². The second-order valence-electron chi connectivity index (χ2n) is 3.20. The summed E-state index contributed by atoms with van der Waals surface area (Å²) in [7, 11) is 0. The van der Waals surface area contributed by atoms with Crippen LogP contribution < -0.4 is 5.32 Å². The summed E-state index contributed by atoms with van der Waals surface area (Å²) < 4.78 is 6.81. The first kappa shape index (κ1) is 9.19. The second kappa shape index (κ2) is 3.78. The summed E-state index contributed by atoms with van der Waals surface area (Å²) in [6.45, 7) is 2.92. The molecule has 0 amide bonds. The van der Waals surface area contributed by atoms with E-state index in [0.29, 0.717) is 0 Å². The van der Waals surface area contributed by atoms with Crippen LogP contribution in [0.4, 0.5) is 0 Å². The van der Waals surface area contributed by atoms with Gasteiger partial charge in [0.15, 0.2) is 0 Å². The molecule has 1 aliphatic rings. The van der Waals surface area contributed by atoms with Crippen LogP contribution in [0.3, 0.4) is 0 Å². The quantitative estimate of drug-likeness (QED) is 0.816. The van der Waals surface area contributed by atoms with Crippen molar-refractivity contribution in [1.82, 2.24) is 5.32 Å². The highest BCUT2D eigenvalue weighted by Gasteiger charge is 2.23. The van der Waals surface area contributed by atoms with Crippen molar-refractivity contribution in [3.05, 3.63) is 34.3 Å². The smallest absolute Gasteiger partial charge is 0.106 e. The fourth-order valence-corrected chi connectivity index (χ4v) is 2.08. The lowest BCUT2D eigenvalue weighted by molar-refractivity contribution is 0.0525. The van der Waals surface area contributed by atoms with E-state index < -0.39 is 0 Å². The molecule has 0 aromatic heterocycles. The summed E-state index contributed by atoms with van der Waals surface area (Å²) in [5.41, 5.74) is 1.22. The van der Waals surface area contributed by atoms with Crippen LogP contribution in [-0.2, 0) is 4.74 Å². The van der Waals surface area contributed by atoms with Crippen LogP contribution >= 0.6 is 15.9 Å². The van der Waals surface area contributed by atoms with Crippen LogP contribution in [0.25, 0.3) is 0 Å². The van der Waals surface area contributed by atoms with Gasteiger partial charge in [0.1, 0.15) is 6.23 Å². The Morgan fingerprint density at radius 2 is 2.23 bits per heavy atom. The van der Waals surface area contributed by atoms with Gasteiger partial charge >= 0.3 is 0 Å². The first-order valence-electron chi connectivity index (χ1n) is 4.40. The number of hydrogen-bond acceptors (Lipinski definition) is 2. The largest absolute Gasteiger partial charge is 0.354 e. The van der Waals surface area contributed by atoms with E-state index in [1.165, 1.54) is 5.56 Å². The molecule has 70 valence electrons. The van der Waals surface area contributed by atoms with E-state index in [4.69, 9.17) is 4.74 Å². The third-order valence-electron chi connectivity index (χ3n) is 2.21. The Labute approximate surface area is 86.4 Å². The summed E-state index contributed by atoms with van der Waals surface area (Å²) >= 11 is 3.52. The molecule has 0 bridgehead atoms. The van der Waals surface area contributed by atoms with Gasteiger partial charge in [0.2, 0.25) is 0 Å². The van der Waals surface area contributed by atoms with Crippen LogP contribution in [0, 0.1) is 0 Å². The number of rotatable bonds is 1. The van der Waals surface area contributed by atoms with Crippen molar-refractivity contribution in [3.63, 3.8) is 0 Å². The topological polar surface area (TPSA) is 21.3 Å². The van der Waals surface area contributed by atoms with E-state index >= 15 is 0 Å². The molecule has 1 saturated heterocycles. The monoisotopic (exact) mass is 241 g/mol. The molecule has 0 aliphatic carbocycles. The van der Waals surface area contributed by atoms with Crippen molar-refractivity contribution in [1.29, 1.82) is 0 Å². The molecule has 3 heteroatoms. The molecule has 1 N–H and O–H groups in total. The minimum absolute atomic E-state index is 0.164. The van der Waals surface area contributed by atoms with E-state index in [1.807, 2.05) is 25.1 Å². The van der Waals surface area contributed by atoms with Gasteiger partial charge in [0, 0.05) is 11.0 Å². The number of benzene rings is 1. The summed E-state index contributed by atoms with van der Waals surface area (Å²) in [5.74, 6) is 0. The van der Waals surface area contributed by atoms with E-state index in [1.54, 1.807) is 0 Å². The van der Waals surface area contributed by atoms with Crippen molar-refractivity contribution in [2.45, 2.75) is 19.3 Å². The Morgan fingerprint density at radius 3 is 2.85 bits per heavy atom. The van der Waals surface area contributed by atoms with Crippen molar-refractivity contribution in [2.24, 2.45) is 0 Å². The molecule has 1 aromatic carbocycles. The predicted molar refractivity (Wildman–Crippen MR) is 55.4 cm³/mol. The van der Waals surface area contributed by atoms with E-state index in [9.17, 15) is 0 Å². The average molecular weight is 242 g/mol. The highest BCUT2D eigenvalue weighted by atomic mass is 79.9. The maximum Gasteiger partial charge on any atom is 0.106 e. The molecule has 2 rings (SSSR count). The average Bonchev–Trinajstić information content (AvgIpc) is 2.53. The molecular formula is C10H12BrNO. The third-order valence-corrected chi connectivity index (χ3v) is 2.93. The molecular weight excluding hydrogens is 230 g/mol. The van der Waals surface area contributed by atoms with Crippen molar-refractivity contribution in [2.75, 3.05) is 6.54 Å². The molecule has 2 atom stereocenters. The summed E-state index contributed by atoms with van der Waals surface area (Å²) in [5, 5.41) is 3.25. The summed E-state index contributed by atoms with van der Waals surface area (Å²) in [6.07, 6.45) is 0.350. The Kier molecular flexibility index (Phi) is 2.67. The lowest BCUT2D eigenvalue weighted by Crippen LogP contribution is -2.17. The number of nitrogens with one attached hydrogen (secondary N) is 1. The normalized spacial score (nSPS) is 27.8. The zero-order valence-electron chi connectivity index (χ0n) is 7.46. The minimum Gasteiger partial charge on any atom is -0.354 e. The highest BCUT2D eigenvalue weighted by Crippen LogP contribution is 2.28. The molecule has 0 spiro atoms. The lowest BCUT2D eigenvalue weighted by atomic mass is 10.1. The molecule has 1 fully saturated rings. The first-order valence-corrected chi connectivity index (χ1v) is 5.20. The molecule has 1 aromatic rings. The van der Waals surface area contributed by atoms with Gasteiger partial charge in [0.05, 0.1) is 6.10 Å². The SMILES string of the molecule is CC1NCC(c2ccccc2Br)O1.